The Balaban J connectivity index is 1.74. The van der Waals surface area contributed by atoms with Gasteiger partial charge in [-0.3, -0.25) is 0 Å². The second kappa shape index (κ2) is 5.71. The molecule has 0 spiro atoms. The minimum atomic E-state index is 0.669. The molecule has 3 rings (SSSR count). The molecule has 102 valence electrons. The zero-order valence-electron chi connectivity index (χ0n) is 11.4. The van der Waals surface area contributed by atoms with Crippen molar-refractivity contribution in [2.45, 2.75) is 13.1 Å². The summed E-state index contributed by atoms with van der Waals surface area (Å²) in [6, 6.07) is 10.2. The fourth-order valence-corrected chi connectivity index (χ4v) is 2.20. The topological polar surface area (TPSA) is 65.6 Å². The SMILES string of the molecule is CNCc1nccc(NCc2c[nH]c3ccccc23)n1. The van der Waals surface area contributed by atoms with E-state index in [-0.39, 0.29) is 0 Å². The van der Waals surface area contributed by atoms with Gasteiger partial charge in [-0.1, -0.05) is 18.2 Å². The minimum Gasteiger partial charge on any atom is -0.366 e. The van der Waals surface area contributed by atoms with Crippen LogP contribution in [0.15, 0.2) is 42.7 Å². The number of nitrogens with zero attached hydrogens (tertiary/aromatic N) is 2. The van der Waals surface area contributed by atoms with Crippen LogP contribution >= 0.6 is 0 Å². The highest BCUT2D eigenvalue weighted by Gasteiger charge is 2.03. The molecule has 0 bridgehead atoms. The molecule has 0 aliphatic rings. The lowest BCUT2D eigenvalue weighted by molar-refractivity contribution is 0.758. The van der Waals surface area contributed by atoms with Crippen molar-refractivity contribution in [3.8, 4) is 0 Å². The molecule has 3 N–H and O–H groups in total. The van der Waals surface area contributed by atoms with Gasteiger partial charge in [0.1, 0.15) is 11.6 Å². The van der Waals surface area contributed by atoms with E-state index in [0.717, 1.165) is 23.7 Å². The standard InChI is InChI=1S/C15H17N5/c1-16-10-15-17-7-6-14(20-15)19-9-11-8-18-13-5-3-2-4-12(11)13/h2-8,16,18H,9-10H2,1H3,(H,17,19,20). The molecule has 0 amide bonds. The molecule has 0 saturated heterocycles. The first-order valence-electron chi connectivity index (χ1n) is 6.62. The molecule has 20 heavy (non-hydrogen) atoms. The Morgan fingerprint density at radius 1 is 1.15 bits per heavy atom. The summed E-state index contributed by atoms with van der Waals surface area (Å²) in [5.74, 6) is 1.63. The van der Waals surface area contributed by atoms with Crippen molar-refractivity contribution in [2.24, 2.45) is 0 Å². The van der Waals surface area contributed by atoms with Crippen molar-refractivity contribution >= 4 is 16.7 Å². The third-order valence-corrected chi connectivity index (χ3v) is 3.18. The van der Waals surface area contributed by atoms with Crippen LogP contribution in [0.1, 0.15) is 11.4 Å². The predicted octanol–water partition coefficient (Wildman–Crippen LogP) is 2.29. The molecule has 0 aliphatic carbocycles. The molecule has 1 aromatic carbocycles. The predicted molar refractivity (Wildman–Crippen MR) is 80.4 cm³/mol. The van der Waals surface area contributed by atoms with Crippen LogP contribution in [0.4, 0.5) is 5.82 Å². The first kappa shape index (κ1) is 12.6. The van der Waals surface area contributed by atoms with Crippen LogP contribution in [-0.2, 0) is 13.1 Å². The normalized spacial score (nSPS) is 10.8. The van der Waals surface area contributed by atoms with E-state index in [1.165, 1.54) is 10.9 Å². The summed E-state index contributed by atoms with van der Waals surface area (Å²) in [6.07, 6.45) is 3.81. The van der Waals surface area contributed by atoms with Crippen LogP contribution in [0.5, 0.6) is 0 Å². The average molecular weight is 267 g/mol. The van der Waals surface area contributed by atoms with E-state index >= 15 is 0 Å². The van der Waals surface area contributed by atoms with Gasteiger partial charge in [-0.05, 0) is 24.7 Å². The average Bonchev–Trinajstić information content (AvgIpc) is 2.89. The van der Waals surface area contributed by atoms with E-state index in [0.29, 0.717) is 6.54 Å². The van der Waals surface area contributed by atoms with Gasteiger partial charge >= 0.3 is 0 Å². The van der Waals surface area contributed by atoms with Gasteiger partial charge in [0.15, 0.2) is 0 Å². The van der Waals surface area contributed by atoms with E-state index in [4.69, 9.17) is 0 Å². The van der Waals surface area contributed by atoms with E-state index in [1.807, 2.05) is 25.4 Å². The Kier molecular flexibility index (Phi) is 3.60. The number of aromatic amines is 1. The molecule has 2 heterocycles. The van der Waals surface area contributed by atoms with Gasteiger partial charge in [0.25, 0.3) is 0 Å². The van der Waals surface area contributed by atoms with Crippen LogP contribution < -0.4 is 10.6 Å². The molecular formula is C15H17N5. The number of fused-ring (bicyclic) bond motifs is 1. The highest BCUT2D eigenvalue weighted by molar-refractivity contribution is 5.83. The van der Waals surface area contributed by atoms with Gasteiger partial charge in [0.05, 0.1) is 6.54 Å². The van der Waals surface area contributed by atoms with Crippen LogP contribution in [0.3, 0.4) is 0 Å². The zero-order valence-corrected chi connectivity index (χ0v) is 11.4. The molecule has 0 radical (unpaired) electrons. The minimum absolute atomic E-state index is 0.669. The second-order valence-electron chi connectivity index (χ2n) is 4.60. The van der Waals surface area contributed by atoms with E-state index in [1.54, 1.807) is 6.20 Å². The lowest BCUT2D eigenvalue weighted by Crippen LogP contribution is -2.10. The van der Waals surface area contributed by atoms with Crippen molar-refractivity contribution in [2.75, 3.05) is 12.4 Å². The monoisotopic (exact) mass is 267 g/mol. The van der Waals surface area contributed by atoms with Crippen LogP contribution in [0.2, 0.25) is 0 Å². The molecule has 0 atom stereocenters. The Morgan fingerprint density at radius 3 is 2.95 bits per heavy atom. The Labute approximate surface area is 117 Å². The van der Waals surface area contributed by atoms with Gasteiger partial charge < -0.3 is 15.6 Å². The quantitative estimate of drug-likeness (QED) is 0.663. The summed E-state index contributed by atoms with van der Waals surface area (Å²) in [5, 5.41) is 7.63. The smallest absolute Gasteiger partial charge is 0.144 e. The van der Waals surface area contributed by atoms with E-state index < -0.39 is 0 Å². The second-order valence-corrected chi connectivity index (χ2v) is 4.60. The van der Waals surface area contributed by atoms with Crippen molar-refractivity contribution in [3.05, 3.63) is 54.1 Å². The maximum Gasteiger partial charge on any atom is 0.144 e. The molecule has 0 unspecified atom stereocenters. The van der Waals surface area contributed by atoms with Crippen molar-refractivity contribution in [1.29, 1.82) is 0 Å². The van der Waals surface area contributed by atoms with Gasteiger partial charge in [0.2, 0.25) is 0 Å². The highest BCUT2D eigenvalue weighted by Crippen LogP contribution is 2.18. The number of aromatic nitrogens is 3. The Hall–Kier alpha value is -2.40. The summed E-state index contributed by atoms with van der Waals surface area (Å²) in [6.45, 7) is 1.41. The van der Waals surface area contributed by atoms with Crippen molar-refractivity contribution in [1.82, 2.24) is 20.3 Å². The van der Waals surface area contributed by atoms with Crippen LogP contribution in [-0.4, -0.2) is 22.0 Å². The maximum absolute atomic E-state index is 4.45. The summed E-state index contributed by atoms with van der Waals surface area (Å²) in [7, 11) is 1.88. The number of rotatable bonds is 5. The molecular weight excluding hydrogens is 250 g/mol. The Bertz CT molecular complexity index is 704. The van der Waals surface area contributed by atoms with Gasteiger partial charge in [-0.25, -0.2) is 9.97 Å². The molecule has 5 heteroatoms. The number of hydrogen-bond acceptors (Lipinski definition) is 4. The first-order chi connectivity index (χ1) is 9.86. The van der Waals surface area contributed by atoms with E-state index in [2.05, 4.69) is 43.8 Å². The number of H-pyrrole nitrogens is 1. The number of anilines is 1. The molecule has 0 saturated carbocycles. The number of nitrogens with one attached hydrogen (secondary N) is 3. The lowest BCUT2D eigenvalue weighted by Gasteiger charge is -2.06. The van der Waals surface area contributed by atoms with Crippen molar-refractivity contribution < 1.29 is 0 Å². The summed E-state index contributed by atoms with van der Waals surface area (Å²) >= 11 is 0. The summed E-state index contributed by atoms with van der Waals surface area (Å²) in [4.78, 5) is 11.9. The number of para-hydroxylation sites is 1. The first-order valence-corrected chi connectivity index (χ1v) is 6.62. The van der Waals surface area contributed by atoms with Crippen LogP contribution in [0, 0.1) is 0 Å². The third-order valence-electron chi connectivity index (χ3n) is 3.18. The number of benzene rings is 1. The molecule has 0 fully saturated rings. The lowest BCUT2D eigenvalue weighted by atomic mass is 10.2. The maximum atomic E-state index is 4.45. The van der Waals surface area contributed by atoms with Gasteiger partial charge in [-0.2, -0.15) is 0 Å². The molecule has 5 nitrogen and oxygen atoms in total. The van der Waals surface area contributed by atoms with Crippen molar-refractivity contribution in [3.63, 3.8) is 0 Å². The molecule has 2 aromatic heterocycles. The largest absolute Gasteiger partial charge is 0.366 e. The van der Waals surface area contributed by atoms with Gasteiger partial charge in [0, 0.05) is 29.8 Å². The fourth-order valence-electron chi connectivity index (χ4n) is 2.20. The number of hydrogen-bond donors (Lipinski definition) is 3. The Morgan fingerprint density at radius 2 is 2.05 bits per heavy atom. The van der Waals surface area contributed by atoms with Gasteiger partial charge in [-0.15, -0.1) is 0 Å². The summed E-state index contributed by atoms with van der Waals surface area (Å²) < 4.78 is 0. The highest BCUT2D eigenvalue weighted by atomic mass is 15.0. The summed E-state index contributed by atoms with van der Waals surface area (Å²) in [5.41, 5.74) is 2.39. The zero-order chi connectivity index (χ0) is 13.8. The fraction of sp³-hybridized carbons (Fsp3) is 0.200. The van der Waals surface area contributed by atoms with Crippen LogP contribution in [0.25, 0.3) is 10.9 Å². The molecule has 3 aromatic rings. The van der Waals surface area contributed by atoms with E-state index in [9.17, 15) is 0 Å². The third kappa shape index (κ3) is 2.62. The molecule has 0 aliphatic heterocycles.